The molecule has 0 aromatic heterocycles. The molecule has 0 bridgehead atoms. The Morgan fingerprint density at radius 3 is 2.11 bits per heavy atom. The number of carbonyl (C=O) groups is 1. The Morgan fingerprint density at radius 2 is 1.72 bits per heavy atom. The molecule has 1 aliphatic rings. The minimum absolute atomic E-state index is 0.0583. The molecule has 18 heavy (non-hydrogen) atoms. The summed E-state index contributed by atoms with van der Waals surface area (Å²) in [6, 6.07) is 0. The summed E-state index contributed by atoms with van der Waals surface area (Å²) in [5, 5.41) is 12.6. The number of alkyl carbamates (subject to hydrolysis) is 1. The van der Waals surface area contributed by atoms with Gasteiger partial charge in [-0.25, -0.2) is 4.79 Å². The van der Waals surface area contributed by atoms with Gasteiger partial charge in [-0.05, 0) is 33.6 Å². The van der Waals surface area contributed by atoms with Gasteiger partial charge in [-0.3, -0.25) is 0 Å². The molecule has 1 rings (SSSR count). The number of nitrogens with one attached hydrogen (secondary N) is 1. The van der Waals surface area contributed by atoms with E-state index in [1.807, 2.05) is 34.6 Å². The smallest absolute Gasteiger partial charge is 0.408 e. The van der Waals surface area contributed by atoms with Gasteiger partial charge in [0.25, 0.3) is 0 Å². The third-order valence-electron chi connectivity index (χ3n) is 3.89. The van der Waals surface area contributed by atoms with E-state index in [1.165, 1.54) is 0 Å². The summed E-state index contributed by atoms with van der Waals surface area (Å²) in [6.07, 6.45) is 3.59. The number of aliphatic hydroxyl groups is 1. The van der Waals surface area contributed by atoms with Gasteiger partial charge in [0, 0.05) is 5.41 Å². The van der Waals surface area contributed by atoms with Crippen LogP contribution in [0.25, 0.3) is 0 Å². The summed E-state index contributed by atoms with van der Waals surface area (Å²) in [4.78, 5) is 12.0. The number of rotatable bonds is 3. The fraction of sp³-hybridized carbons (Fsp3) is 0.929. The zero-order valence-corrected chi connectivity index (χ0v) is 12.3. The maximum Gasteiger partial charge on any atom is 0.408 e. The second-order valence-electron chi connectivity index (χ2n) is 6.96. The predicted molar refractivity (Wildman–Crippen MR) is 71.4 cm³/mol. The van der Waals surface area contributed by atoms with Crippen LogP contribution in [0.3, 0.4) is 0 Å². The first kappa shape index (κ1) is 15.3. The highest BCUT2D eigenvalue weighted by Gasteiger charge is 2.48. The first-order valence-corrected chi connectivity index (χ1v) is 6.74. The van der Waals surface area contributed by atoms with Crippen LogP contribution in [0.2, 0.25) is 0 Å². The monoisotopic (exact) mass is 257 g/mol. The Bertz CT molecular complexity index is 299. The van der Waals surface area contributed by atoms with Crippen LogP contribution < -0.4 is 5.32 Å². The van der Waals surface area contributed by atoms with Gasteiger partial charge in [-0.1, -0.05) is 26.7 Å². The van der Waals surface area contributed by atoms with Crippen molar-refractivity contribution in [1.82, 2.24) is 5.32 Å². The van der Waals surface area contributed by atoms with E-state index in [0.717, 1.165) is 25.7 Å². The lowest BCUT2D eigenvalue weighted by molar-refractivity contribution is 0.0167. The number of hydrogen-bond acceptors (Lipinski definition) is 3. The number of amides is 1. The van der Waals surface area contributed by atoms with E-state index in [2.05, 4.69) is 5.32 Å². The molecule has 0 saturated heterocycles. The van der Waals surface area contributed by atoms with Crippen LogP contribution in [0.1, 0.15) is 60.3 Å². The average Bonchev–Trinajstić information content (AvgIpc) is 2.64. The number of carbonyl (C=O) groups excluding carboxylic acids is 1. The second kappa shape index (κ2) is 5.08. The van der Waals surface area contributed by atoms with Crippen molar-refractivity contribution < 1.29 is 14.6 Å². The van der Waals surface area contributed by atoms with Gasteiger partial charge in [-0.2, -0.15) is 0 Å². The van der Waals surface area contributed by atoms with Crippen LogP contribution in [-0.4, -0.2) is 28.9 Å². The lowest BCUT2D eigenvalue weighted by Gasteiger charge is -2.44. The van der Waals surface area contributed by atoms with E-state index in [1.54, 1.807) is 0 Å². The summed E-state index contributed by atoms with van der Waals surface area (Å²) in [6.45, 7) is 9.61. The van der Waals surface area contributed by atoms with Gasteiger partial charge in [0.15, 0.2) is 0 Å². The molecule has 1 saturated carbocycles. The summed E-state index contributed by atoms with van der Waals surface area (Å²) in [7, 11) is 0. The van der Waals surface area contributed by atoms with Crippen molar-refractivity contribution in [3.8, 4) is 0 Å². The van der Waals surface area contributed by atoms with Crippen molar-refractivity contribution >= 4 is 6.09 Å². The van der Waals surface area contributed by atoms with Gasteiger partial charge in [0.2, 0.25) is 0 Å². The molecule has 106 valence electrons. The van der Waals surface area contributed by atoms with Crippen molar-refractivity contribution in [1.29, 1.82) is 0 Å². The topological polar surface area (TPSA) is 58.6 Å². The lowest BCUT2D eigenvalue weighted by Crippen LogP contribution is -2.58. The molecular weight excluding hydrogens is 230 g/mol. The van der Waals surface area contributed by atoms with Crippen molar-refractivity contribution in [2.45, 2.75) is 71.4 Å². The highest BCUT2D eigenvalue weighted by atomic mass is 16.6. The zero-order chi connectivity index (χ0) is 14.0. The van der Waals surface area contributed by atoms with Crippen LogP contribution in [0, 0.1) is 5.41 Å². The Labute approximate surface area is 110 Å². The van der Waals surface area contributed by atoms with E-state index >= 15 is 0 Å². The fourth-order valence-electron chi connectivity index (χ4n) is 2.60. The van der Waals surface area contributed by atoms with E-state index in [-0.39, 0.29) is 23.7 Å². The lowest BCUT2D eigenvalue weighted by atomic mass is 9.71. The molecular formula is C14H27NO3. The molecule has 0 unspecified atom stereocenters. The van der Waals surface area contributed by atoms with Gasteiger partial charge in [0.1, 0.15) is 5.60 Å². The predicted octanol–water partition coefficient (Wildman–Crippen LogP) is 2.84. The van der Waals surface area contributed by atoms with Crippen LogP contribution in [-0.2, 0) is 4.74 Å². The summed E-state index contributed by atoms with van der Waals surface area (Å²) >= 11 is 0. The molecule has 4 heteroatoms. The summed E-state index contributed by atoms with van der Waals surface area (Å²) in [5.74, 6) is 0. The molecule has 1 aliphatic carbocycles. The third-order valence-corrected chi connectivity index (χ3v) is 3.89. The quantitative estimate of drug-likeness (QED) is 0.817. The van der Waals surface area contributed by atoms with Crippen molar-refractivity contribution in [2.75, 3.05) is 6.61 Å². The second-order valence-corrected chi connectivity index (χ2v) is 6.96. The molecule has 0 aliphatic heterocycles. The third kappa shape index (κ3) is 3.37. The van der Waals surface area contributed by atoms with Crippen molar-refractivity contribution in [3.63, 3.8) is 0 Å². The Kier molecular flexibility index (Phi) is 4.31. The Morgan fingerprint density at radius 1 is 1.22 bits per heavy atom. The summed E-state index contributed by atoms with van der Waals surface area (Å²) < 4.78 is 5.33. The van der Waals surface area contributed by atoms with Crippen molar-refractivity contribution in [3.05, 3.63) is 0 Å². The molecule has 4 nitrogen and oxygen atoms in total. The number of aliphatic hydroxyl groups excluding tert-OH is 1. The molecule has 0 atom stereocenters. The molecule has 1 fully saturated rings. The Balaban J connectivity index is 2.79. The minimum Gasteiger partial charge on any atom is -0.444 e. The standard InChI is InChI=1S/C14H27NO3/c1-12(2,3)18-11(17)15-14(8-6-7-9-14)13(4,5)10-16/h16H,6-10H2,1-5H3,(H,15,17). The molecule has 2 N–H and O–H groups in total. The van der Waals surface area contributed by atoms with Crippen LogP contribution in [0.5, 0.6) is 0 Å². The van der Waals surface area contributed by atoms with E-state index in [9.17, 15) is 9.90 Å². The number of hydrogen-bond donors (Lipinski definition) is 2. The normalized spacial score (nSPS) is 19.7. The van der Waals surface area contributed by atoms with Gasteiger partial charge >= 0.3 is 6.09 Å². The maximum atomic E-state index is 12.0. The van der Waals surface area contributed by atoms with Crippen molar-refractivity contribution in [2.24, 2.45) is 5.41 Å². The minimum atomic E-state index is -0.493. The molecule has 0 aromatic rings. The van der Waals surface area contributed by atoms with E-state index in [0.29, 0.717) is 0 Å². The van der Waals surface area contributed by atoms with Gasteiger partial charge in [-0.15, -0.1) is 0 Å². The average molecular weight is 257 g/mol. The highest BCUT2D eigenvalue weighted by molar-refractivity contribution is 5.69. The largest absolute Gasteiger partial charge is 0.444 e. The van der Waals surface area contributed by atoms with E-state index < -0.39 is 5.60 Å². The first-order chi connectivity index (χ1) is 8.12. The van der Waals surface area contributed by atoms with Crippen LogP contribution in [0.15, 0.2) is 0 Å². The molecule has 0 spiro atoms. The first-order valence-electron chi connectivity index (χ1n) is 6.74. The molecule has 0 radical (unpaired) electrons. The van der Waals surface area contributed by atoms with E-state index in [4.69, 9.17) is 4.74 Å². The SMILES string of the molecule is CC(C)(C)OC(=O)NC1(C(C)(C)CO)CCCC1. The zero-order valence-electron chi connectivity index (χ0n) is 12.3. The van der Waals surface area contributed by atoms with Gasteiger partial charge < -0.3 is 15.2 Å². The fourth-order valence-corrected chi connectivity index (χ4v) is 2.60. The Hall–Kier alpha value is -0.770. The maximum absolute atomic E-state index is 12.0. The van der Waals surface area contributed by atoms with Crippen LogP contribution in [0.4, 0.5) is 4.79 Å². The number of ether oxygens (including phenoxy) is 1. The molecule has 0 heterocycles. The molecule has 1 amide bonds. The highest BCUT2D eigenvalue weighted by Crippen LogP contribution is 2.43. The van der Waals surface area contributed by atoms with Crippen LogP contribution >= 0.6 is 0 Å². The van der Waals surface area contributed by atoms with Gasteiger partial charge in [0.05, 0.1) is 12.1 Å². The molecule has 0 aromatic carbocycles. The summed E-state index contributed by atoms with van der Waals surface area (Å²) in [5.41, 5.74) is -1.17.